The summed E-state index contributed by atoms with van der Waals surface area (Å²) in [5.74, 6) is 0.596. The molecule has 0 atom stereocenters. The number of benzene rings is 1. The van der Waals surface area contributed by atoms with Gasteiger partial charge in [0, 0.05) is 18.1 Å². The fourth-order valence-corrected chi connectivity index (χ4v) is 2.04. The Hall–Kier alpha value is -1.52. The van der Waals surface area contributed by atoms with Crippen LogP contribution in [-0.2, 0) is 4.79 Å². The summed E-state index contributed by atoms with van der Waals surface area (Å²) in [7, 11) is 1.84. The van der Waals surface area contributed by atoms with Crippen LogP contribution in [0.4, 0.5) is 5.69 Å². The number of hydrogen-bond donors (Lipinski definition) is 1. The van der Waals surface area contributed by atoms with Crippen LogP contribution in [-0.4, -0.2) is 32.7 Å². The predicted octanol–water partition coefficient (Wildman–Crippen LogP) is 1.84. The molecule has 0 bridgehead atoms. The normalized spacial score (nSPS) is 14.1. The molecule has 1 aliphatic rings. The summed E-state index contributed by atoms with van der Waals surface area (Å²) in [4.78, 5) is 13.6. The number of carbonyl (C=O) groups is 1. The van der Waals surface area contributed by atoms with Gasteiger partial charge in [-0.3, -0.25) is 4.79 Å². The lowest BCUT2D eigenvalue weighted by molar-refractivity contribution is -0.121. The molecule has 18 heavy (non-hydrogen) atoms. The maximum Gasteiger partial charge on any atom is 0.265 e. The molecule has 0 aliphatic carbocycles. The van der Waals surface area contributed by atoms with Gasteiger partial charge < -0.3 is 15.0 Å². The largest absolute Gasteiger partial charge is 0.482 e. The fraction of sp³-hybridized carbons (Fsp3) is 0.308. The van der Waals surface area contributed by atoms with E-state index in [0.717, 1.165) is 5.57 Å². The van der Waals surface area contributed by atoms with E-state index in [1.54, 1.807) is 23.1 Å². The minimum Gasteiger partial charge on any atom is -0.482 e. The zero-order valence-corrected chi connectivity index (χ0v) is 11.0. The van der Waals surface area contributed by atoms with Gasteiger partial charge in [-0.25, -0.2) is 0 Å². The summed E-state index contributed by atoms with van der Waals surface area (Å²) in [6, 6.07) is 5.26. The second kappa shape index (κ2) is 5.42. The summed E-state index contributed by atoms with van der Waals surface area (Å²) in [6.07, 6.45) is 0. The molecule has 2 rings (SSSR count). The van der Waals surface area contributed by atoms with E-state index in [1.807, 2.05) is 7.05 Å². The summed E-state index contributed by atoms with van der Waals surface area (Å²) >= 11 is 5.96. The van der Waals surface area contributed by atoms with Gasteiger partial charge in [0.05, 0.1) is 5.69 Å². The third kappa shape index (κ3) is 2.66. The van der Waals surface area contributed by atoms with E-state index >= 15 is 0 Å². The first-order valence-corrected chi connectivity index (χ1v) is 6.03. The van der Waals surface area contributed by atoms with E-state index in [0.29, 0.717) is 29.5 Å². The van der Waals surface area contributed by atoms with Crippen LogP contribution in [0.15, 0.2) is 30.4 Å². The van der Waals surface area contributed by atoms with Crippen LogP contribution in [0, 0.1) is 0 Å². The molecule has 0 fully saturated rings. The lowest BCUT2D eigenvalue weighted by Crippen LogP contribution is -2.40. The van der Waals surface area contributed by atoms with E-state index in [-0.39, 0.29) is 12.5 Å². The van der Waals surface area contributed by atoms with Crippen LogP contribution in [0.1, 0.15) is 0 Å². The minimum atomic E-state index is -0.0815. The highest BCUT2D eigenvalue weighted by atomic mass is 35.5. The van der Waals surface area contributed by atoms with Crippen LogP contribution >= 0.6 is 11.6 Å². The monoisotopic (exact) mass is 266 g/mol. The maximum absolute atomic E-state index is 11.9. The number of ether oxygens (including phenoxy) is 1. The van der Waals surface area contributed by atoms with E-state index in [1.165, 1.54) is 0 Å². The van der Waals surface area contributed by atoms with Crippen molar-refractivity contribution in [1.29, 1.82) is 0 Å². The Balaban J connectivity index is 2.27. The highest BCUT2D eigenvalue weighted by Crippen LogP contribution is 2.34. The quantitative estimate of drug-likeness (QED) is 0.846. The molecule has 96 valence electrons. The molecule has 1 aliphatic heterocycles. The van der Waals surface area contributed by atoms with Gasteiger partial charge in [-0.05, 0) is 30.8 Å². The third-order valence-electron chi connectivity index (χ3n) is 2.67. The summed E-state index contributed by atoms with van der Waals surface area (Å²) in [5, 5.41) is 3.59. The SMILES string of the molecule is C=C(CNC)CN1C(=O)COc2ccc(Cl)cc21. The Labute approximate surface area is 111 Å². The summed E-state index contributed by atoms with van der Waals surface area (Å²) in [6.45, 7) is 5.13. The molecule has 0 unspecified atom stereocenters. The van der Waals surface area contributed by atoms with Crippen LogP contribution in [0.3, 0.4) is 0 Å². The van der Waals surface area contributed by atoms with Crippen molar-refractivity contribution in [3.8, 4) is 5.75 Å². The van der Waals surface area contributed by atoms with Crippen molar-refractivity contribution in [2.75, 3.05) is 31.6 Å². The van der Waals surface area contributed by atoms with Crippen molar-refractivity contribution in [2.45, 2.75) is 0 Å². The number of carbonyl (C=O) groups excluding carboxylic acids is 1. The first kappa shape index (κ1) is 12.9. The van der Waals surface area contributed by atoms with Crippen molar-refractivity contribution in [3.05, 3.63) is 35.4 Å². The molecule has 1 heterocycles. The highest BCUT2D eigenvalue weighted by Gasteiger charge is 2.25. The molecule has 0 saturated heterocycles. The maximum atomic E-state index is 11.9. The molecule has 1 aromatic carbocycles. The second-order valence-corrected chi connectivity index (χ2v) is 4.60. The van der Waals surface area contributed by atoms with Gasteiger partial charge in [-0.1, -0.05) is 18.2 Å². The van der Waals surface area contributed by atoms with Gasteiger partial charge in [-0.2, -0.15) is 0 Å². The molecule has 0 aromatic heterocycles. The number of halogens is 1. The number of nitrogens with one attached hydrogen (secondary N) is 1. The molecule has 5 heteroatoms. The highest BCUT2D eigenvalue weighted by molar-refractivity contribution is 6.31. The van der Waals surface area contributed by atoms with Crippen LogP contribution in [0.5, 0.6) is 5.75 Å². The Bertz CT molecular complexity index is 488. The minimum absolute atomic E-state index is 0.0570. The number of fused-ring (bicyclic) bond motifs is 1. The molecule has 1 amide bonds. The molecular weight excluding hydrogens is 252 g/mol. The number of rotatable bonds is 4. The van der Waals surface area contributed by atoms with E-state index in [4.69, 9.17) is 16.3 Å². The second-order valence-electron chi connectivity index (χ2n) is 4.16. The average molecular weight is 267 g/mol. The van der Waals surface area contributed by atoms with Gasteiger partial charge in [0.1, 0.15) is 5.75 Å². The average Bonchev–Trinajstić information content (AvgIpc) is 2.33. The Morgan fingerprint density at radius 1 is 1.61 bits per heavy atom. The zero-order valence-electron chi connectivity index (χ0n) is 10.2. The first-order valence-electron chi connectivity index (χ1n) is 5.66. The lowest BCUT2D eigenvalue weighted by Gasteiger charge is -2.30. The summed E-state index contributed by atoms with van der Waals surface area (Å²) < 4.78 is 5.37. The smallest absolute Gasteiger partial charge is 0.265 e. The van der Waals surface area contributed by atoms with E-state index in [2.05, 4.69) is 11.9 Å². The Kier molecular flexibility index (Phi) is 3.89. The molecule has 4 nitrogen and oxygen atoms in total. The van der Waals surface area contributed by atoms with Crippen molar-refractivity contribution in [3.63, 3.8) is 0 Å². The van der Waals surface area contributed by atoms with Crippen LogP contribution < -0.4 is 15.0 Å². The topological polar surface area (TPSA) is 41.6 Å². The Morgan fingerprint density at radius 2 is 2.39 bits per heavy atom. The van der Waals surface area contributed by atoms with Gasteiger partial charge in [-0.15, -0.1) is 0 Å². The van der Waals surface area contributed by atoms with Crippen molar-refractivity contribution in [2.24, 2.45) is 0 Å². The van der Waals surface area contributed by atoms with Gasteiger partial charge >= 0.3 is 0 Å². The number of nitrogens with zero attached hydrogens (tertiary/aromatic N) is 1. The third-order valence-corrected chi connectivity index (χ3v) is 2.91. The number of anilines is 1. The molecule has 1 N–H and O–H groups in total. The van der Waals surface area contributed by atoms with Crippen molar-refractivity contribution >= 4 is 23.2 Å². The molecule has 0 spiro atoms. The molecule has 0 saturated carbocycles. The molecule has 0 radical (unpaired) electrons. The van der Waals surface area contributed by atoms with Gasteiger partial charge in [0.15, 0.2) is 6.61 Å². The van der Waals surface area contributed by atoms with Crippen LogP contribution in [0.2, 0.25) is 5.02 Å². The van der Waals surface area contributed by atoms with Gasteiger partial charge in [0.2, 0.25) is 0 Å². The number of hydrogen-bond acceptors (Lipinski definition) is 3. The lowest BCUT2D eigenvalue weighted by atomic mass is 10.2. The van der Waals surface area contributed by atoms with Crippen molar-refractivity contribution < 1.29 is 9.53 Å². The van der Waals surface area contributed by atoms with Gasteiger partial charge in [0.25, 0.3) is 5.91 Å². The summed E-state index contributed by atoms with van der Waals surface area (Å²) in [5.41, 5.74) is 1.63. The first-order chi connectivity index (χ1) is 8.61. The molecule has 1 aromatic rings. The fourth-order valence-electron chi connectivity index (χ4n) is 1.88. The van der Waals surface area contributed by atoms with E-state index in [9.17, 15) is 4.79 Å². The number of amides is 1. The standard InChI is InChI=1S/C13H15ClN2O2/c1-9(6-15-2)7-16-11-5-10(14)3-4-12(11)18-8-13(16)17/h3-5,15H,1,6-8H2,2H3. The molecular formula is C13H15ClN2O2. The van der Waals surface area contributed by atoms with Crippen LogP contribution in [0.25, 0.3) is 0 Å². The van der Waals surface area contributed by atoms with Crippen molar-refractivity contribution in [1.82, 2.24) is 5.32 Å². The number of likely N-dealkylation sites (N-methyl/N-ethyl adjacent to an activating group) is 1. The Morgan fingerprint density at radius 3 is 3.11 bits per heavy atom. The predicted molar refractivity (Wildman–Crippen MR) is 72.4 cm³/mol. The van der Waals surface area contributed by atoms with E-state index < -0.39 is 0 Å². The zero-order chi connectivity index (χ0) is 13.1.